The van der Waals surface area contributed by atoms with Crippen molar-refractivity contribution in [3.8, 4) is 0 Å². The Bertz CT molecular complexity index is 459. The van der Waals surface area contributed by atoms with Gasteiger partial charge >= 0.3 is 0 Å². The minimum atomic E-state index is -0.380. The summed E-state index contributed by atoms with van der Waals surface area (Å²) in [4.78, 5) is 20.7. The van der Waals surface area contributed by atoms with Crippen LogP contribution in [-0.4, -0.2) is 11.8 Å². The van der Waals surface area contributed by atoms with Crippen LogP contribution in [-0.2, 0) is 9.59 Å². The molecule has 104 valence electrons. The molecule has 1 N–H and O–H groups in total. The number of imide groups is 1. The molecule has 0 saturated carbocycles. The molecule has 0 bridgehead atoms. The van der Waals surface area contributed by atoms with Gasteiger partial charge in [0.2, 0.25) is 11.8 Å². The molecule has 0 aromatic heterocycles. The Balaban J connectivity index is 0.000000200. The average Bonchev–Trinajstić information content (AvgIpc) is 2.32. The third-order valence-electron chi connectivity index (χ3n) is 2.67. The molecule has 1 aliphatic heterocycles. The standard InChI is InChI=1S/C9H10F2.C5H7NO2/c1-6(2)8-5-7(10)3-4-9(8)11;7-4-2-1-3-5(8)6-4/h3-6H,1-2H3;1-3H2,(H,6,7,8). The number of amides is 2. The molecule has 1 aliphatic rings. The third-order valence-corrected chi connectivity index (χ3v) is 2.67. The number of hydrogen-bond acceptors (Lipinski definition) is 2. The fourth-order valence-electron chi connectivity index (χ4n) is 1.65. The van der Waals surface area contributed by atoms with Crippen LogP contribution in [0, 0.1) is 11.6 Å². The normalized spacial score (nSPS) is 14.8. The van der Waals surface area contributed by atoms with Crippen molar-refractivity contribution in [1.29, 1.82) is 0 Å². The molecule has 0 aliphatic carbocycles. The highest BCUT2D eigenvalue weighted by atomic mass is 19.1. The van der Waals surface area contributed by atoms with Crippen molar-refractivity contribution in [3.05, 3.63) is 35.4 Å². The predicted molar refractivity (Wildman–Crippen MR) is 67.4 cm³/mol. The zero-order chi connectivity index (χ0) is 14.4. The van der Waals surface area contributed by atoms with Gasteiger partial charge in [0.15, 0.2) is 0 Å². The van der Waals surface area contributed by atoms with Gasteiger partial charge in [0.25, 0.3) is 0 Å². The molecular formula is C14H17F2NO2. The van der Waals surface area contributed by atoms with Gasteiger partial charge in [-0.15, -0.1) is 0 Å². The van der Waals surface area contributed by atoms with Gasteiger partial charge < -0.3 is 0 Å². The first-order valence-corrected chi connectivity index (χ1v) is 6.17. The second-order valence-corrected chi connectivity index (χ2v) is 4.65. The van der Waals surface area contributed by atoms with Crippen LogP contribution in [0.4, 0.5) is 8.78 Å². The lowest BCUT2D eigenvalue weighted by atomic mass is 10.0. The summed E-state index contributed by atoms with van der Waals surface area (Å²) in [5.74, 6) is -0.954. The van der Waals surface area contributed by atoms with Crippen molar-refractivity contribution in [3.63, 3.8) is 0 Å². The van der Waals surface area contributed by atoms with E-state index >= 15 is 0 Å². The molecule has 1 saturated heterocycles. The van der Waals surface area contributed by atoms with E-state index in [9.17, 15) is 18.4 Å². The zero-order valence-electron chi connectivity index (χ0n) is 11.0. The molecule has 1 heterocycles. The van der Waals surface area contributed by atoms with Crippen LogP contribution in [0.3, 0.4) is 0 Å². The minimum absolute atomic E-state index is 0.0331. The van der Waals surface area contributed by atoms with Crippen LogP contribution >= 0.6 is 0 Å². The number of carbonyl (C=O) groups is 2. The van der Waals surface area contributed by atoms with Gasteiger partial charge in [0.05, 0.1) is 0 Å². The molecule has 3 nitrogen and oxygen atoms in total. The van der Waals surface area contributed by atoms with Gasteiger partial charge in [-0.05, 0) is 36.1 Å². The summed E-state index contributed by atoms with van der Waals surface area (Å²) < 4.78 is 25.4. The van der Waals surface area contributed by atoms with Gasteiger partial charge in [0, 0.05) is 12.8 Å². The monoisotopic (exact) mass is 269 g/mol. The average molecular weight is 269 g/mol. The highest BCUT2D eigenvalue weighted by Gasteiger charge is 2.13. The van der Waals surface area contributed by atoms with E-state index in [0.717, 1.165) is 12.1 Å². The van der Waals surface area contributed by atoms with Crippen LogP contribution in [0.5, 0.6) is 0 Å². The number of carbonyl (C=O) groups excluding carboxylic acids is 2. The summed E-state index contributed by atoms with van der Waals surface area (Å²) in [6.45, 7) is 3.66. The Morgan fingerprint density at radius 3 is 2.05 bits per heavy atom. The van der Waals surface area contributed by atoms with Crippen molar-refractivity contribution in [1.82, 2.24) is 5.32 Å². The van der Waals surface area contributed by atoms with Gasteiger partial charge in [-0.3, -0.25) is 14.9 Å². The third kappa shape index (κ3) is 5.16. The predicted octanol–water partition coefficient (Wildman–Crippen LogP) is 2.90. The molecule has 19 heavy (non-hydrogen) atoms. The molecular weight excluding hydrogens is 252 g/mol. The Kier molecular flexibility index (Phi) is 5.60. The van der Waals surface area contributed by atoms with Crippen LogP contribution < -0.4 is 5.32 Å². The SMILES string of the molecule is CC(C)c1cc(F)ccc1F.O=C1CCCC(=O)N1. The van der Waals surface area contributed by atoms with Gasteiger partial charge in [-0.1, -0.05) is 13.8 Å². The Morgan fingerprint density at radius 1 is 1.11 bits per heavy atom. The number of nitrogens with one attached hydrogen (secondary N) is 1. The van der Waals surface area contributed by atoms with E-state index in [1.54, 1.807) is 0 Å². The van der Waals surface area contributed by atoms with E-state index in [4.69, 9.17) is 0 Å². The fraction of sp³-hybridized carbons (Fsp3) is 0.429. The first kappa shape index (κ1) is 15.3. The number of hydrogen-bond donors (Lipinski definition) is 1. The molecule has 1 fully saturated rings. The lowest BCUT2D eigenvalue weighted by Gasteiger charge is -2.07. The maximum Gasteiger partial charge on any atom is 0.226 e. The fourth-order valence-corrected chi connectivity index (χ4v) is 1.65. The highest BCUT2D eigenvalue weighted by molar-refractivity contribution is 5.97. The topological polar surface area (TPSA) is 46.2 Å². The molecule has 1 aromatic carbocycles. The van der Waals surface area contributed by atoms with E-state index in [-0.39, 0.29) is 29.4 Å². The first-order valence-electron chi connectivity index (χ1n) is 6.17. The van der Waals surface area contributed by atoms with E-state index in [1.807, 2.05) is 13.8 Å². The molecule has 0 radical (unpaired) electrons. The molecule has 2 amide bonds. The minimum Gasteiger partial charge on any atom is -0.296 e. The second-order valence-electron chi connectivity index (χ2n) is 4.65. The Labute approximate surface area is 111 Å². The number of piperidine rings is 1. The van der Waals surface area contributed by atoms with E-state index in [0.29, 0.717) is 24.8 Å². The highest BCUT2D eigenvalue weighted by Crippen LogP contribution is 2.18. The largest absolute Gasteiger partial charge is 0.296 e. The van der Waals surface area contributed by atoms with Crippen LogP contribution in [0.15, 0.2) is 18.2 Å². The second kappa shape index (κ2) is 6.97. The van der Waals surface area contributed by atoms with Crippen LogP contribution in [0.1, 0.15) is 44.6 Å². The summed E-state index contributed by atoms with van der Waals surface area (Å²) in [5, 5.41) is 2.20. The quantitative estimate of drug-likeness (QED) is 0.797. The Hall–Kier alpha value is -1.78. The van der Waals surface area contributed by atoms with Gasteiger partial charge in [-0.25, -0.2) is 8.78 Å². The zero-order valence-corrected chi connectivity index (χ0v) is 11.0. The number of rotatable bonds is 1. The van der Waals surface area contributed by atoms with E-state index in [2.05, 4.69) is 5.32 Å². The van der Waals surface area contributed by atoms with E-state index in [1.165, 1.54) is 6.07 Å². The lowest BCUT2D eigenvalue weighted by Crippen LogP contribution is -2.33. The van der Waals surface area contributed by atoms with Gasteiger partial charge in [0.1, 0.15) is 11.6 Å². The maximum absolute atomic E-state index is 12.9. The van der Waals surface area contributed by atoms with Crippen molar-refractivity contribution >= 4 is 11.8 Å². The summed E-state index contributed by atoms with van der Waals surface area (Å²) in [5.41, 5.74) is 0.435. The summed E-state index contributed by atoms with van der Waals surface area (Å²) in [6.07, 6.45) is 1.72. The first-order chi connectivity index (χ1) is 8.90. The van der Waals surface area contributed by atoms with Crippen molar-refractivity contribution in [2.24, 2.45) is 0 Å². The molecule has 1 aromatic rings. The van der Waals surface area contributed by atoms with Gasteiger partial charge in [-0.2, -0.15) is 0 Å². The number of halogens is 2. The van der Waals surface area contributed by atoms with E-state index < -0.39 is 0 Å². The smallest absolute Gasteiger partial charge is 0.226 e. The summed E-state index contributed by atoms with van der Waals surface area (Å²) in [7, 11) is 0. The summed E-state index contributed by atoms with van der Waals surface area (Å²) in [6, 6.07) is 3.52. The summed E-state index contributed by atoms with van der Waals surface area (Å²) >= 11 is 0. The molecule has 0 atom stereocenters. The van der Waals surface area contributed by atoms with Crippen molar-refractivity contribution in [2.75, 3.05) is 0 Å². The van der Waals surface area contributed by atoms with Crippen LogP contribution in [0.2, 0.25) is 0 Å². The Morgan fingerprint density at radius 2 is 1.68 bits per heavy atom. The lowest BCUT2D eigenvalue weighted by molar-refractivity contribution is -0.132. The number of benzene rings is 1. The van der Waals surface area contributed by atoms with Crippen LogP contribution in [0.25, 0.3) is 0 Å². The van der Waals surface area contributed by atoms with Crippen molar-refractivity contribution in [2.45, 2.75) is 39.0 Å². The van der Waals surface area contributed by atoms with Crippen molar-refractivity contribution < 1.29 is 18.4 Å². The molecule has 0 spiro atoms. The molecule has 5 heteroatoms. The molecule has 2 rings (SSSR count). The maximum atomic E-state index is 12.9. The molecule has 0 unspecified atom stereocenters.